The number of rotatable bonds is 3. The fourth-order valence-corrected chi connectivity index (χ4v) is 3.08. The van der Waals surface area contributed by atoms with E-state index in [9.17, 15) is 4.39 Å². The van der Waals surface area contributed by atoms with Crippen molar-refractivity contribution in [3.8, 4) is 11.3 Å². The van der Waals surface area contributed by atoms with E-state index >= 15 is 0 Å². The van der Waals surface area contributed by atoms with Crippen LogP contribution in [0.3, 0.4) is 0 Å². The van der Waals surface area contributed by atoms with Gasteiger partial charge in [0.05, 0.1) is 12.2 Å². The van der Waals surface area contributed by atoms with E-state index in [1.54, 1.807) is 24.5 Å². The van der Waals surface area contributed by atoms with Crippen LogP contribution in [0.4, 0.5) is 4.39 Å². The van der Waals surface area contributed by atoms with Gasteiger partial charge in [0, 0.05) is 48.7 Å². The summed E-state index contributed by atoms with van der Waals surface area (Å²) < 4.78 is 15.6. The van der Waals surface area contributed by atoms with Crippen LogP contribution in [0.25, 0.3) is 11.3 Å². The second-order valence-electron chi connectivity index (χ2n) is 5.72. The van der Waals surface area contributed by atoms with E-state index in [1.807, 2.05) is 22.9 Å². The van der Waals surface area contributed by atoms with E-state index in [0.717, 1.165) is 36.3 Å². The quantitative estimate of drug-likeness (QED) is 0.809. The van der Waals surface area contributed by atoms with E-state index in [-0.39, 0.29) is 5.82 Å². The number of nitrogens with zero attached hydrogens (tertiary/aromatic N) is 3. The molecule has 0 bridgehead atoms. The summed E-state index contributed by atoms with van der Waals surface area (Å²) >= 11 is 0. The molecule has 5 heteroatoms. The Kier molecular flexibility index (Phi) is 3.63. The Hall–Kier alpha value is -2.53. The standard InChI is InChI=1S/C18H17FN4/c19-15-3-1-2-14(10-15)18-16-11-21-9-6-17(16)23(22-18)12-13-4-7-20-8-5-13/h1-5,7-8,10,21H,6,9,11-12H2. The topological polar surface area (TPSA) is 42.7 Å². The molecule has 4 nitrogen and oxygen atoms in total. The minimum atomic E-state index is -0.233. The molecule has 4 rings (SSSR count). The molecule has 0 aliphatic carbocycles. The van der Waals surface area contributed by atoms with Crippen LogP contribution in [-0.4, -0.2) is 21.3 Å². The van der Waals surface area contributed by atoms with Crippen LogP contribution in [0.1, 0.15) is 16.8 Å². The van der Waals surface area contributed by atoms with Gasteiger partial charge in [0.15, 0.2) is 0 Å². The molecule has 1 aromatic carbocycles. The molecule has 0 unspecified atom stereocenters. The minimum absolute atomic E-state index is 0.233. The van der Waals surface area contributed by atoms with Crippen molar-refractivity contribution >= 4 is 0 Å². The van der Waals surface area contributed by atoms with Gasteiger partial charge in [-0.05, 0) is 29.8 Å². The summed E-state index contributed by atoms with van der Waals surface area (Å²) in [6, 6.07) is 10.6. The first-order chi connectivity index (χ1) is 11.3. The van der Waals surface area contributed by atoms with Gasteiger partial charge in [-0.2, -0.15) is 5.10 Å². The third-order valence-electron chi connectivity index (χ3n) is 4.19. The summed E-state index contributed by atoms with van der Waals surface area (Å²) in [6.07, 6.45) is 4.52. The van der Waals surface area contributed by atoms with E-state index in [2.05, 4.69) is 10.3 Å². The minimum Gasteiger partial charge on any atom is -0.312 e. The number of halogens is 1. The lowest BCUT2D eigenvalue weighted by Crippen LogP contribution is -2.25. The van der Waals surface area contributed by atoms with E-state index in [0.29, 0.717) is 6.54 Å². The Labute approximate surface area is 134 Å². The number of hydrogen-bond donors (Lipinski definition) is 1. The molecule has 0 saturated carbocycles. The van der Waals surface area contributed by atoms with Crippen LogP contribution >= 0.6 is 0 Å². The van der Waals surface area contributed by atoms with Crippen molar-refractivity contribution in [1.29, 1.82) is 0 Å². The highest BCUT2D eigenvalue weighted by molar-refractivity contribution is 5.64. The Morgan fingerprint density at radius 1 is 1.17 bits per heavy atom. The molecule has 0 spiro atoms. The number of pyridine rings is 1. The van der Waals surface area contributed by atoms with Gasteiger partial charge in [0.25, 0.3) is 0 Å². The van der Waals surface area contributed by atoms with Crippen molar-refractivity contribution < 1.29 is 4.39 Å². The van der Waals surface area contributed by atoms with Gasteiger partial charge in [0.1, 0.15) is 5.82 Å². The highest BCUT2D eigenvalue weighted by Gasteiger charge is 2.21. The zero-order valence-electron chi connectivity index (χ0n) is 12.7. The van der Waals surface area contributed by atoms with Crippen molar-refractivity contribution in [2.24, 2.45) is 0 Å². The van der Waals surface area contributed by atoms with Gasteiger partial charge >= 0.3 is 0 Å². The highest BCUT2D eigenvalue weighted by Crippen LogP contribution is 2.28. The first kappa shape index (κ1) is 14.1. The van der Waals surface area contributed by atoms with Gasteiger partial charge in [0.2, 0.25) is 0 Å². The van der Waals surface area contributed by atoms with Crippen molar-refractivity contribution in [2.45, 2.75) is 19.5 Å². The molecule has 3 heterocycles. The third kappa shape index (κ3) is 2.75. The van der Waals surface area contributed by atoms with Crippen molar-refractivity contribution in [2.75, 3.05) is 6.54 Å². The lowest BCUT2D eigenvalue weighted by atomic mass is 10.0. The fourth-order valence-electron chi connectivity index (χ4n) is 3.08. The molecule has 0 amide bonds. The van der Waals surface area contributed by atoms with Gasteiger partial charge < -0.3 is 5.32 Å². The maximum atomic E-state index is 13.6. The summed E-state index contributed by atoms with van der Waals surface area (Å²) in [5, 5.41) is 8.17. The van der Waals surface area contributed by atoms with Gasteiger partial charge in [-0.25, -0.2) is 4.39 Å². The Bertz CT molecular complexity index is 826. The van der Waals surface area contributed by atoms with E-state index in [1.165, 1.54) is 17.3 Å². The van der Waals surface area contributed by atoms with Crippen LogP contribution in [-0.2, 0) is 19.5 Å². The summed E-state index contributed by atoms with van der Waals surface area (Å²) in [7, 11) is 0. The number of aromatic nitrogens is 3. The zero-order valence-corrected chi connectivity index (χ0v) is 12.7. The SMILES string of the molecule is Fc1cccc(-c2nn(Cc3ccncc3)c3c2CNCC3)c1. The normalized spacial score (nSPS) is 13.8. The molecule has 0 saturated heterocycles. The van der Waals surface area contributed by atoms with Crippen LogP contribution < -0.4 is 5.32 Å². The average molecular weight is 308 g/mol. The lowest BCUT2D eigenvalue weighted by Gasteiger charge is -2.15. The van der Waals surface area contributed by atoms with Gasteiger partial charge in [-0.1, -0.05) is 12.1 Å². The average Bonchev–Trinajstić information content (AvgIpc) is 2.95. The Morgan fingerprint density at radius 2 is 2.04 bits per heavy atom. The molecule has 3 aromatic rings. The molecule has 23 heavy (non-hydrogen) atoms. The molecule has 0 fully saturated rings. The Morgan fingerprint density at radius 3 is 2.87 bits per heavy atom. The maximum Gasteiger partial charge on any atom is 0.123 e. The van der Waals surface area contributed by atoms with Crippen molar-refractivity contribution in [3.63, 3.8) is 0 Å². The zero-order chi connectivity index (χ0) is 15.6. The van der Waals surface area contributed by atoms with E-state index < -0.39 is 0 Å². The van der Waals surface area contributed by atoms with Gasteiger partial charge in [-0.3, -0.25) is 9.67 Å². The van der Waals surface area contributed by atoms with Crippen LogP contribution in [0.2, 0.25) is 0 Å². The van der Waals surface area contributed by atoms with Crippen molar-refractivity contribution in [1.82, 2.24) is 20.1 Å². The van der Waals surface area contributed by atoms with Crippen molar-refractivity contribution in [3.05, 3.63) is 71.4 Å². The molecular formula is C18H17FN4. The molecule has 1 aliphatic rings. The summed E-state index contributed by atoms with van der Waals surface area (Å²) in [6.45, 7) is 2.43. The molecule has 0 atom stereocenters. The summed E-state index contributed by atoms with van der Waals surface area (Å²) in [4.78, 5) is 4.06. The van der Waals surface area contributed by atoms with Crippen LogP contribution in [0, 0.1) is 5.82 Å². The maximum absolute atomic E-state index is 13.6. The largest absolute Gasteiger partial charge is 0.312 e. The molecule has 1 aliphatic heterocycles. The second kappa shape index (κ2) is 5.93. The molecular weight excluding hydrogens is 291 g/mol. The molecule has 2 aromatic heterocycles. The fraction of sp³-hybridized carbons (Fsp3) is 0.222. The van der Waals surface area contributed by atoms with Crippen LogP contribution in [0.15, 0.2) is 48.8 Å². The second-order valence-corrected chi connectivity index (χ2v) is 5.72. The molecule has 0 radical (unpaired) electrons. The number of nitrogens with one attached hydrogen (secondary N) is 1. The highest BCUT2D eigenvalue weighted by atomic mass is 19.1. The molecule has 116 valence electrons. The number of fused-ring (bicyclic) bond motifs is 1. The first-order valence-electron chi connectivity index (χ1n) is 7.75. The van der Waals surface area contributed by atoms with Crippen LogP contribution in [0.5, 0.6) is 0 Å². The summed E-state index contributed by atoms with van der Waals surface area (Å²) in [5.74, 6) is -0.233. The first-order valence-corrected chi connectivity index (χ1v) is 7.75. The van der Waals surface area contributed by atoms with E-state index in [4.69, 9.17) is 5.10 Å². The smallest absolute Gasteiger partial charge is 0.123 e. The Balaban J connectivity index is 1.78. The predicted molar refractivity (Wildman–Crippen MR) is 86.4 cm³/mol. The number of benzene rings is 1. The number of hydrogen-bond acceptors (Lipinski definition) is 3. The summed E-state index contributed by atoms with van der Waals surface area (Å²) in [5.41, 5.74) is 5.28. The van der Waals surface area contributed by atoms with Gasteiger partial charge in [-0.15, -0.1) is 0 Å². The molecule has 1 N–H and O–H groups in total. The third-order valence-corrected chi connectivity index (χ3v) is 4.19. The predicted octanol–water partition coefficient (Wildman–Crippen LogP) is 2.78. The lowest BCUT2D eigenvalue weighted by molar-refractivity contribution is 0.582. The monoisotopic (exact) mass is 308 g/mol.